The van der Waals surface area contributed by atoms with Crippen LogP contribution in [0.1, 0.15) is 84.6 Å². The molecule has 0 aliphatic heterocycles. The summed E-state index contributed by atoms with van der Waals surface area (Å²) in [5, 5.41) is 20.7. The fraction of sp³-hybridized carbons (Fsp3) is 0.373. The van der Waals surface area contributed by atoms with Gasteiger partial charge in [0, 0.05) is 94.6 Å². The monoisotopic (exact) mass is 1020 g/mol. The number of aromatic amines is 1. The molecule has 386 valence electrons. The van der Waals surface area contributed by atoms with Crippen LogP contribution in [-0.4, -0.2) is 93.8 Å². The second-order valence-corrected chi connectivity index (χ2v) is 24.5. The van der Waals surface area contributed by atoms with Crippen LogP contribution in [-0.2, 0) is 20.0 Å². The topological polar surface area (TPSA) is 249 Å². The summed E-state index contributed by atoms with van der Waals surface area (Å²) in [4.78, 5) is 30.2. The number of aromatic nitrogens is 7. The zero-order valence-corrected chi connectivity index (χ0v) is 45.9. The highest BCUT2D eigenvalue weighted by Crippen LogP contribution is 2.30. The van der Waals surface area contributed by atoms with Crippen molar-refractivity contribution in [1.29, 1.82) is 0 Å². The van der Waals surface area contributed by atoms with E-state index in [4.69, 9.17) is 0 Å². The summed E-state index contributed by atoms with van der Waals surface area (Å²) >= 11 is 0. The first-order valence-corrected chi connectivity index (χ1v) is 26.1. The number of hydrogen-bond donors (Lipinski definition) is 8. The van der Waals surface area contributed by atoms with Crippen LogP contribution in [0.3, 0.4) is 0 Å². The maximum atomic E-state index is 12.3. The summed E-state index contributed by atoms with van der Waals surface area (Å²) in [5.41, 5.74) is 7.02. The van der Waals surface area contributed by atoms with Gasteiger partial charge in [0.15, 0.2) is 0 Å². The molecule has 0 saturated carbocycles. The second-order valence-electron chi connectivity index (χ2n) is 20.4. The Balaban J connectivity index is 0.000000201. The van der Waals surface area contributed by atoms with Crippen molar-refractivity contribution in [2.75, 3.05) is 53.0 Å². The quantitative estimate of drug-likeness (QED) is 0.0535. The average Bonchev–Trinajstić information content (AvgIpc) is 3.79. The van der Waals surface area contributed by atoms with E-state index in [1.54, 1.807) is 54.9 Å². The highest BCUT2D eigenvalue weighted by Gasteiger charge is 2.19. The largest absolute Gasteiger partial charge is 0.361 e. The van der Waals surface area contributed by atoms with Crippen LogP contribution in [0.15, 0.2) is 101 Å². The molecule has 0 aliphatic rings. The van der Waals surface area contributed by atoms with Crippen LogP contribution in [0.4, 0.5) is 52.4 Å². The first-order valence-electron chi connectivity index (χ1n) is 23.2. The van der Waals surface area contributed by atoms with Crippen molar-refractivity contribution in [3.05, 3.63) is 114 Å². The van der Waals surface area contributed by atoms with Gasteiger partial charge in [-0.15, -0.1) is 0 Å². The number of H-pyrrole nitrogens is 1. The number of nitrogens with zero attached hydrogens (tertiary/aromatic N) is 7. The van der Waals surface area contributed by atoms with Gasteiger partial charge in [-0.2, -0.15) is 15.0 Å². The van der Waals surface area contributed by atoms with Gasteiger partial charge in [-0.3, -0.25) is 0 Å². The zero-order valence-electron chi connectivity index (χ0n) is 44.2. The maximum absolute atomic E-state index is 12.3. The molecule has 4 aromatic heterocycles. The molecule has 0 amide bonds. The van der Waals surface area contributed by atoms with Gasteiger partial charge in [0.05, 0.1) is 15.3 Å². The highest BCUT2D eigenvalue weighted by atomic mass is 32.2. The van der Waals surface area contributed by atoms with Crippen molar-refractivity contribution < 1.29 is 16.8 Å². The van der Waals surface area contributed by atoms with Gasteiger partial charge >= 0.3 is 0 Å². The van der Waals surface area contributed by atoms with E-state index in [1.807, 2.05) is 74.7 Å². The normalized spacial score (nSPS) is 12.0. The van der Waals surface area contributed by atoms with E-state index in [0.29, 0.717) is 40.9 Å². The number of hydrogen-bond acceptors (Lipinski definition) is 16. The zero-order chi connectivity index (χ0) is 53.4. The summed E-state index contributed by atoms with van der Waals surface area (Å²) in [6.07, 6.45) is 7.25. The third kappa shape index (κ3) is 16.0. The molecule has 7 rings (SSSR count). The highest BCUT2D eigenvalue weighted by molar-refractivity contribution is 7.89. The molecule has 3 aromatic carbocycles. The lowest BCUT2D eigenvalue weighted by Crippen LogP contribution is -2.27. The van der Waals surface area contributed by atoms with E-state index < -0.39 is 20.0 Å². The minimum atomic E-state index is -3.49. The van der Waals surface area contributed by atoms with Gasteiger partial charge in [0.2, 0.25) is 37.9 Å². The minimum Gasteiger partial charge on any atom is -0.361 e. The van der Waals surface area contributed by atoms with Crippen LogP contribution in [0.2, 0.25) is 0 Å². The maximum Gasteiger partial charge on any atom is 0.242 e. The smallest absolute Gasteiger partial charge is 0.242 e. The Labute approximate surface area is 425 Å². The lowest BCUT2D eigenvalue weighted by molar-refractivity contribution is 0.520. The van der Waals surface area contributed by atoms with Crippen molar-refractivity contribution >= 4 is 83.3 Å². The van der Waals surface area contributed by atoms with E-state index in [0.717, 1.165) is 39.1 Å². The lowest BCUT2D eigenvalue weighted by atomic mass is 10.1. The van der Waals surface area contributed by atoms with Crippen LogP contribution in [0.25, 0.3) is 10.9 Å². The van der Waals surface area contributed by atoms with Gasteiger partial charge in [0.1, 0.15) is 17.5 Å². The molecule has 0 unspecified atom stereocenters. The molecule has 0 atom stereocenters. The number of anilines is 9. The summed E-state index contributed by atoms with van der Waals surface area (Å²) in [6.45, 7) is 26.3. The van der Waals surface area contributed by atoms with Gasteiger partial charge in [0.25, 0.3) is 0 Å². The summed E-state index contributed by atoms with van der Waals surface area (Å²) in [6, 6.07) is 19.5. The van der Waals surface area contributed by atoms with Crippen molar-refractivity contribution in [3.63, 3.8) is 0 Å². The van der Waals surface area contributed by atoms with Crippen LogP contribution >= 0.6 is 0 Å². The fourth-order valence-corrected chi connectivity index (χ4v) is 8.23. The van der Waals surface area contributed by atoms with Gasteiger partial charge in [-0.25, -0.2) is 40.8 Å². The molecule has 4 heterocycles. The molecule has 0 aliphatic carbocycles. The van der Waals surface area contributed by atoms with Crippen LogP contribution < -0.4 is 36.6 Å². The third-order valence-corrected chi connectivity index (χ3v) is 13.3. The number of sulfonamides is 2. The first kappa shape index (κ1) is 56.0. The standard InChI is InChI=1S/C18H23N5.C17H25N5O2S.C16H23N5O2S/c1-11-6-7-14(13-8-9-19-15(11)13)21-16-12(2)10-20-17(22-16)23-18(3,4)5;1-12-11-18-16(21-17(2,3)4)20-15(12)19-13-8-7-9-14(10-13)25(23,24)22(5)6;1-11-10-18-15(21-16(2,3)4)20-14(11)19-12-7-6-8-13(9-12)24(22,23)17-5/h6-10,19H,1-5H3,(H2,20,21,22,23);7-11H,1-6H3,(H2,18,19,20,21);6-10,17H,1-5H3,(H2,18,19,20,21). The number of fused-ring (bicyclic) bond motifs is 1. The first-order chi connectivity index (χ1) is 33.4. The number of aryl methyl sites for hydroxylation is 4. The van der Waals surface area contributed by atoms with Crippen LogP contribution in [0, 0.1) is 27.7 Å². The number of nitrogens with one attached hydrogen (secondary N) is 8. The van der Waals surface area contributed by atoms with E-state index in [-0.39, 0.29) is 26.4 Å². The molecule has 8 N–H and O–H groups in total. The van der Waals surface area contributed by atoms with Gasteiger partial charge < -0.3 is 36.9 Å². The van der Waals surface area contributed by atoms with Crippen LogP contribution in [0.5, 0.6) is 0 Å². The Bertz CT molecular complexity index is 3210. The molecule has 0 bridgehead atoms. The molecule has 21 heteroatoms. The molecule has 0 fully saturated rings. The lowest BCUT2D eigenvalue weighted by Gasteiger charge is -2.21. The van der Waals surface area contributed by atoms with Gasteiger partial charge in [-0.05, 0) is 151 Å². The molecule has 19 nitrogen and oxygen atoms in total. The third-order valence-electron chi connectivity index (χ3n) is 10.1. The van der Waals surface area contributed by atoms with Crippen molar-refractivity contribution in [3.8, 4) is 0 Å². The Morgan fingerprint density at radius 1 is 0.528 bits per heavy atom. The van der Waals surface area contributed by atoms with Crippen molar-refractivity contribution in [1.82, 2.24) is 43.9 Å². The SMILES string of the molecule is CNS(=O)(=O)c1cccc(Nc2nc(NC(C)(C)C)ncc2C)c1.Cc1cnc(NC(C)(C)C)nc1Nc1ccc(C)c2[nH]ccc12.Cc1cnc(NC(C)(C)C)nc1Nc1cccc(S(=O)(=O)N(C)C)c1. The minimum absolute atomic E-state index is 0.0791. The summed E-state index contributed by atoms with van der Waals surface area (Å²) < 4.78 is 51.9. The fourth-order valence-electron chi connectivity index (χ4n) is 6.51. The average molecular weight is 1020 g/mol. The Morgan fingerprint density at radius 2 is 0.944 bits per heavy atom. The van der Waals surface area contributed by atoms with E-state index in [9.17, 15) is 16.8 Å². The predicted molar refractivity (Wildman–Crippen MR) is 293 cm³/mol. The molecular weight excluding hydrogens is 951 g/mol. The Hall–Kier alpha value is -6.94. The summed E-state index contributed by atoms with van der Waals surface area (Å²) in [7, 11) is -2.58. The molecular formula is C51H71N15O4S2. The molecule has 72 heavy (non-hydrogen) atoms. The van der Waals surface area contributed by atoms with E-state index >= 15 is 0 Å². The molecule has 0 spiro atoms. The van der Waals surface area contributed by atoms with E-state index in [1.165, 1.54) is 37.1 Å². The summed E-state index contributed by atoms with van der Waals surface area (Å²) in [5.74, 6) is 3.71. The van der Waals surface area contributed by atoms with Gasteiger partial charge in [-0.1, -0.05) is 18.2 Å². The molecule has 7 aromatic rings. The van der Waals surface area contributed by atoms with Crippen molar-refractivity contribution in [2.24, 2.45) is 0 Å². The van der Waals surface area contributed by atoms with E-state index in [2.05, 4.69) is 117 Å². The number of rotatable bonds is 13. The Kier molecular flexibility index (Phi) is 17.6. The Morgan fingerprint density at radius 3 is 1.36 bits per heavy atom. The number of benzene rings is 3. The predicted octanol–water partition coefficient (Wildman–Crippen LogP) is 10.2. The molecule has 0 saturated heterocycles. The second kappa shape index (κ2) is 22.6. The van der Waals surface area contributed by atoms with Crippen molar-refractivity contribution in [2.45, 2.75) is 116 Å². The molecule has 0 radical (unpaired) electrons.